The molecule has 0 spiro atoms. The molecule has 0 aliphatic heterocycles. The van der Waals surface area contributed by atoms with E-state index in [2.05, 4.69) is 5.32 Å². The van der Waals surface area contributed by atoms with Crippen LogP contribution in [0.25, 0.3) is 0 Å². The van der Waals surface area contributed by atoms with Gasteiger partial charge in [0.05, 0.1) is 4.90 Å². The van der Waals surface area contributed by atoms with Crippen molar-refractivity contribution < 1.29 is 12.8 Å². The predicted molar refractivity (Wildman–Crippen MR) is 86.6 cm³/mol. The lowest BCUT2D eigenvalue weighted by molar-refractivity contribution is 0.414. The largest absolute Gasteiger partial charge is 0.313 e. The SMILES string of the molecule is CCNCc1ccc(F)cc1S(=O)(=O)N(C)C(C)CSC. The molecular formula is C14H23FN2O2S2. The van der Waals surface area contributed by atoms with E-state index in [-0.39, 0.29) is 10.9 Å². The highest BCUT2D eigenvalue weighted by atomic mass is 32.2. The number of thioether (sulfide) groups is 1. The Kier molecular flexibility index (Phi) is 7.12. The zero-order valence-electron chi connectivity index (χ0n) is 12.9. The molecule has 0 saturated carbocycles. The van der Waals surface area contributed by atoms with Gasteiger partial charge in [0.1, 0.15) is 5.82 Å². The lowest BCUT2D eigenvalue weighted by atomic mass is 10.2. The lowest BCUT2D eigenvalue weighted by Gasteiger charge is -2.25. The predicted octanol–water partition coefficient (Wildman–Crippen LogP) is 2.31. The van der Waals surface area contributed by atoms with Crippen LogP contribution in [0.4, 0.5) is 4.39 Å². The highest BCUT2D eigenvalue weighted by Gasteiger charge is 2.27. The average molecular weight is 334 g/mol. The summed E-state index contributed by atoms with van der Waals surface area (Å²) < 4.78 is 40.2. The highest BCUT2D eigenvalue weighted by Crippen LogP contribution is 2.23. The number of sulfonamides is 1. The average Bonchev–Trinajstić information content (AvgIpc) is 2.45. The van der Waals surface area contributed by atoms with Gasteiger partial charge < -0.3 is 5.32 Å². The maximum Gasteiger partial charge on any atom is 0.243 e. The number of nitrogens with one attached hydrogen (secondary N) is 1. The highest BCUT2D eigenvalue weighted by molar-refractivity contribution is 7.98. The summed E-state index contributed by atoms with van der Waals surface area (Å²) in [6.07, 6.45) is 1.93. The van der Waals surface area contributed by atoms with Crippen molar-refractivity contribution in [3.8, 4) is 0 Å². The Bertz CT molecular complexity index is 564. The molecule has 0 amide bonds. The first-order valence-electron chi connectivity index (χ1n) is 6.80. The topological polar surface area (TPSA) is 49.4 Å². The second-order valence-corrected chi connectivity index (χ2v) is 7.73. The number of hydrogen-bond donors (Lipinski definition) is 1. The molecule has 0 aromatic heterocycles. The van der Waals surface area contributed by atoms with Crippen LogP contribution in [0.15, 0.2) is 23.1 Å². The smallest absolute Gasteiger partial charge is 0.243 e. The molecular weight excluding hydrogens is 311 g/mol. The quantitative estimate of drug-likeness (QED) is 0.792. The van der Waals surface area contributed by atoms with E-state index in [1.807, 2.05) is 20.1 Å². The van der Waals surface area contributed by atoms with Gasteiger partial charge in [0.2, 0.25) is 10.0 Å². The summed E-state index contributed by atoms with van der Waals surface area (Å²) in [6, 6.07) is 3.76. The van der Waals surface area contributed by atoms with E-state index in [1.54, 1.807) is 11.8 Å². The van der Waals surface area contributed by atoms with Crippen molar-refractivity contribution in [2.24, 2.45) is 0 Å². The molecule has 0 aliphatic rings. The molecule has 1 atom stereocenters. The van der Waals surface area contributed by atoms with Crippen molar-refractivity contribution in [1.82, 2.24) is 9.62 Å². The van der Waals surface area contributed by atoms with Gasteiger partial charge in [0.25, 0.3) is 0 Å². The summed E-state index contributed by atoms with van der Waals surface area (Å²) in [5.74, 6) is 0.146. The third-order valence-corrected chi connectivity index (χ3v) is 6.15. The van der Waals surface area contributed by atoms with Gasteiger partial charge in [-0.25, -0.2) is 12.8 Å². The number of halogens is 1. The molecule has 0 saturated heterocycles. The summed E-state index contributed by atoms with van der Waals surface area (Å²) in [6.45, 7) is 4.90. The Hall–Kier alpha value is -0.630. The van der Waals surface area contributed by atoms with Crippen molar-refractivity contribution in [2.75, 3.05) is 25.6 Å². The minimum Gasteiger partial charge on any atom is -0.313 e. The molecule has 4 nitrogen and oxygen atoms in total. The summed E-state index contributed by atoms with van der Waals surface area (Å²) in [5.41, 5.74) is 0.585. The molecule has 7 heteroatoms. The number of rotatable bonds is 8. The molecule has 0 fully saturated rings. The molecule has 1 N–H and O–H groups in total. The van der Waals surface area contributed by atoms with Gasteiger partial charge in [-0.15, -0.1) is 0 Å². The first-order valence-corrected chi connectivity index (χ1v) is 9.64. The molecule has 1 rings (SSSR count). The Balaban J connectivity index is 3.19. The van der Waals surface area contributed by atoms with Crippen LogP contribution in [-0.2, 0) is 16.6 Å². The van der Waals surface area contributed by atoms with Gasteiger partial charge >= 0.3 is 0 Å². The normalized spacial score (nSPS) is 13.6. The van der Waals surface area contributed by atoms with Crippen LogP contribution >= 0.6 is 11.8 Å². The minimum absolute atomic E-state index is 0.0407. The third kappa shape index (κ3) is 4.67. The fourth-order valence-corrected chi connectivity index (χ4v) is 4.30. The van der Waals surface area contributed by atoms with Crippen LogP contribution < -0.4 is 5.32 Å². The van der Waals surface area contributed by atoms with E-state index in [4.69, 9.17) is 0 Å². The van der Waals surface area contributed by atoms with E-state index in [9.17, 15) is 12.8 Å². The monoisotopic (exact) mass is 334 g/mol. The van der Waals surface area contributed by atoms with E-state index in [0.717, 1.165) is 12.6 Å². The van der Waals surface area contributed by atoms with Crippen LogP contribution in [0.1, 0.15) is 19.4 Å². The van der Waals surface area contributed by atoms with Crippen LogP contribution in [-0.4, -0.2) is 44.4 Å². The fourth-order valence-electron chi connectivity index (χ4n) is 1.91. The molecule has 0 radical (unpaired) electrons. The number of benzene rings is 1. The Morgan fingerprint density at radius 2 is 2.10 bits per heavy atom. The van der Waals surface area contributed by atoms with Crippen molar-refractivity contribution >= 4 is 21.8 Å². The summed E-state index contributed by atoms with van der Waals surface area (Å²) in [7, 11) is -2.16. The summed E-state index contributed by atoms with van der Waals surface area (Å²) in [4.78, 5) is 0.0407. The molecule has 0 bridgehead atoms. The molecule has 120 valence electrons. The van der Waals surface area contributed by atoms with Crippen molar-refractivity contribution in [1.29, 1.82) is 0 Å². The fraction of sp³-hybridized carbons (Fsp3) is 0.571. The molecule has 1 aromatic rings. The standard InChI is InChI=1S/C14H23FN2O2S2/c1-5-16-9-12-6-7-13(15)8-14(12)21(18,19)17(3)11(2)10-20-4/h6-8,11,16H,5,9-10H2,1-4H3. The van der Waals surface area contributed by atoms with Gasteiger partial charge in [0.15, 0.2) is 0 Å². The first kappa shape index (κ1) is 18.4. The molecule has 1 unspecified atom stereocenters. The van der Waals surface area contributed by atoms with Gasteiger partial charge in [0, 0.05) is 25.4 Å². The molecule has 0 heterocycles. The van der Waals surface area contributed by atoms with E-state index < -0.39 is 15.8 Å². The third-order valence-electron chi connectivity index (χ3n) is 3.28. The maximum absolute atomic E-state index is 13.5. The minimum atomic E-state index is -3.70. The first-order chi connectivity index (χ1) is 9.84. The van der Waals surface area contributed by atoms with Crippen LogP contribution in [0.2, 0.25) is 0 Å². The van der Waals surface area contributed by atoms with Gasteiger partial charge in [-0.3, -0.25) is 0 Å². The van der Waals surface area contributed by atoms with Crippen LogP contribution in [0.3, 0.4) is 0 Å². The van der Waals surface area contributed by atoms with Crippen molar-refractivity contribution in [3.05, 3.63) is 29.6 Å². The maximum atomic E-state index is 13.5. The van der Waals surface area contributed by atoms with Crippen LogP contribution in [0, 0.1) is 5.82 Å². The molecule has 1 aromatic carbocycles. The van der Waals surface area contributed by atoms with Crippen molar-refractivity contribution in [3.63, 3.8) is 0 Å². The number of hydrogen-bond acceptors (Lipinski definition) is 4. The molecule has 21 heavy (non-hydrogen) atoms. The Morgan fingerprint density at radius 3 is 2.67 bits per heavy atom. The van der Waals surface area contributed by atoms with Crippen LogP contribution in [0.5, 0.6) is 0 Å². The number of nitrogens with zero attached hydrogens (tertiary/aromatic N) is 1. The summed E-state index contributed by atoms with van der Waals surface area (Å²) in [5, 5.41) is 3.08. The van der Waals surface area contributed by atoms with E-state index in [1.165, 1.54) is 23.5 Å². The Morgan fingerprint density at radius 1 is 1.43 bits per heavy atom. The zero-order chi connectivity index (χ0) is 16.0. The van der Waals surface area contributed by atoms with Gasteiger partial charge in [-0.2, -0.15) is 16.1 Å². The van der Waals surface area contributed by atoms with Gasteiger partial charge in [-0.05, 0) is 37.4 Å². The zero-order valence-corrected chi connectivity index (χ0v) is 14.5. The second-order valence-electron chi connectivity index (χ2n) is 4.86. The van der Waals surface area contributed by atoms with Crippen molar-refractivity contribution in [2.45, 2.75) is 31.3 Å². The second kappa shape index (κ2) is 8.12. The molecule has 0 aliphatic carbocycles. The lowest BCUT2D eigenvalue weighted by Crippen LogP contribution is -2.37. The summed E-state index contributed by atoms with van der Waals surface area (Å²) >= 11 is 1.58. The van der Waals surface area contributed by atoms with Gasteiger partial charge in [-0.1, -0.05) is 13.0 Å². The van der Waals surface area contributed by atoms with E-state index in [0.29, 0.717) is 17.9 Å². The Labute approximate surface area is 131 Å². The van der Waals surface area contributed by atoms with E-state index >= 15 is 0 Å².